The fourth-order valence-corrected chi connectivity index (χ4v) is 3.69. The molecule has 0 aromatic heterocycles. The number of nitro groups is 1. The van der Waals surface area contributed by atoms with Crippen molar-refractivity contribution in [1.29, 1.82) is 0 Å². The summed E-state index contributed by atoms with van der Waals surface area (Å²) >= 11 is 0. The highest BCUT2D eigenvalue weighted by Crippen LogP contribution is 2.37. The summed E-state index contributed by atoms with van der Waals surface area (Å²) in [5, 5.41) is 14.2. The Labute approximate surface area is 149 Å². The maximum absolute atomic E-state index is 12.5. The Bertz CT molecular complexity index is 607. The highest BCUT2D eigenvalue weighted by Gasteiger charge is 2.34. The van der Waals surface area contributed by atoms with Crippen LogP contribution in [-0.4, -0.2) is 30.5 Å². The molecule has 1 fully saturated rings. The van der Waals surface area contributed by atoms with Crippen LogP contribution in [0.4, 0.5) is 11.4 Å². The number of rotatable bonds is 5. The number of nitrogens with zero attached hydrogens (tertiary/aromatic N) is 2. The van der Waals surface area contributed by atoms with E-state index in [-0.39, 0.29) is 23.6 Å². The standard InChI is InChI=1S/C19H29N3O3/c1-19(2,3)16-7-5-6-8-17(16)20-13-18(23)21(4)14-9-11-15(12-10-14)22(24)25/h9-12,16-17,20H,5-8,13H2,1-4H3. The normalized spacial score (nSPS) is 21.0. The van der Waals surface area contributed by atoms with Gasteiger partial charge in [0.05, 0.1) is 11.5 Å². The maximum atomic E-state index is 12.5. The number of hydrogen-bond acceptors (Lipinski definition) is 4. The molecule has 1 amide bonds. The van der Waals surface area contributed by atoms with Gasteiger partial charge in [-0.3, -0.25) is 14.9 Å². The second-order valence-corrected chi connectivity index (χ2v) is 7.97. The van der Waals surface area contributed by atoms with Gasteiger partial charge in [0, 0.05) is 30.9 Å². The van der Waals surface area contributed by atoms with Crippen molar-refractivity contribution in [2.75, 3.05) is 18.5 Å². The Balaban J connectivity index is 1.95. The summed E-state index contributed by atoms with van der Waals surface area (Å²) in [5.41, 5.74) is 0.914. The van der Waals surface area contributed by atoms with Crippen LogP contribution in [0.15, 0.2) is 24.3 Å². The van der Waals surface area contributed by atoms with Crippen LogP contribution in [0.5, 0.6) is 0 Å². The molecule has 0 heterocycles. The van der Waals surface area contributed by atoms with Crippen LogP contribution in [0.1, 0.15) is 46.5 Å². The summed E-state index contributed by atoms with van der Waals surface area (Å²) < 4.78 is 0. The Morgan fingerprint density at radius 2 is 1.84 bits per heavy atom. The molecular formula is C19H29N3O3. The lowest BCUT2D eigenvalue weighted by molar-refractivity contribution is -0.384. The molecule has 0 saturated heterocycles. The minimum atomic E-state index is -0.442. The van der Waals surface area contributed by atoms with Gasteiger partial charge in [-0.1, -0.05) is 33.6 Å². The average Bonchev–Trinajstić information content (AvgIpc) is 2.58. The number of carbonyl (C=O) groups is 1. The van der Waals surface area contributed by atoms with Crippen LogP contribution in [0.3, 0.4) is 0 Å². The minimum absolute atomic E-state index is 0.0259. The van der Waals surface area contributed by atoms with Gasteiger partial charge >= 0.3 is 0 Å². The summed E-state index contributed by atoms with van der Waals surface area (Å²) in [6.07, 6.45) is 4.78. The predicted molar refractivity (Wildman–Crippen MR) is 99.7 cm³/mol. The van der Waals surface area contributed by atoms with E-state index in [0.29, 0.717) is 17.6 Å². The van der Waals surface area contributed by atoms with E-state index in [2.05, 4.69) is 26.1 Å². The van der Waals surface area contributed by atoms with Gasteiger partial charge in [0.15, 0.2) is 0 Å². The summed E-state index contributed by atoms with van der Waals surface area (Å²) in [4.78, 5) is 24.3. The zero-order valence-corrected chi connectivity index (χ0v) is 15.6. The van der Waals surface area contributed by atoms with E-state index in [4.69, 9.17) is 0 Å². The van der Waals surface area contributed by atoms with Crippen molar-refractivity contribution in [2.45, 2.75) is 52.5 Å². The SMILES string of the molecule is CN(C(=O)CNC1CCCCC1C(C)(C)C)c1ccc([N+](=O)[O-])cc1. The van der Waals surface area contributed by atoms with Gasteiger partial charge in [-0.15, -0.1) is 0 Å². The van der Waals surface area contributed by atoms with Gasteiger partial charge in [0.2, 0.25) is 5.91 Å². The fourth-order valence-electron chi connectivity index (χ4n) is 3.69. The summed E-state index contributed by atoms with van der Waals surface area (Å²) in [5.74, 6) is 0.533. The van der Waals surface area contributed by atoms with Crippen molar-refractivity contribution in [3.05, 3.63) is 34.4 Å². The van der Waals surface area contributed by atoms with Gasteiger partial charge in [0.1, 0.15) is 0 Å². The zero-order chi connectivity index (χ0) is 18.6. The Morgan fingerprint density at radius 3 is 2.40 bits per heavy atom. The van der Waals surface area contributed by atoms with Crippen LogP contribution < -0.4 is 10.2 Å². The molecule has 2 rings (SSSR count). The van der Waals surface area contributed by atoms with E-state index in [1.54, 1.807) is 24.1 Å². The molecule has 138 valence electrons. The van der Waals surface area contributed by atoms with Crippen molar-refractivity contribution in [1.82, 2.24) is 5.32 Å². The van der Waals surface area contributed by atoms with Crippen LogP contribution in [0, 0.1) is 21.4 Å². The molecule has 6 nitrogen and oxygen atoms in total. The first-order chi connectivity index (χ1) is 11.7. The monoisotopic (exact) mass is 347 g/mol. The lowest BCUT2D eigenvalue weighted by atomic mass is 9.69. The second kappa shape index (κ2) is 7.95. The van der Waals surface area contributed by atoms with E-state index >= 15 is 0 Å². The van der Waals surface area contributed by atoms with E-state index in [0.717, 1.165) is 6.42 Å². The second-order valence-electron chi connectivity index (χ2n) is 7.97. The number of anilines is 1. The topological polar surface area (TPSA) is 75.5 Å². The molecule has 6 heteroatoms. The van der Waals surface area contributed by atoms with E-state index in [1.165, 1.54) is 31.4 Å². The zero-order valence-electron chi connectivity index (χ0n) is 15.6. The van der Waals surface area contributed by atoms with E-state index in [1.807, 2.05) is 0 Å². The molecule has 25 heavy (non-hydrogen) atoms. The van der Waals surface area contributed by atoms with Crippen molar-refractivity contribution < 1.29 is 9.72 Å². The minimum Gasteiger partial charge on any atom is -0.314 e. The molecule has 1 N–H and O–H groups in total. The number of nitrogens with one attached hydrogen (secondary N) is 1. The van der Waals surface area contributed by atoms with Gasteiger partial charge in [0.25, 0.3) is 5.69 Å². The smallest absolute Gasteiger partial charge is 0.269 e. The van der Waals surface area contributed by atoms with Gasteiger partial charge in [-0.2, -0.15) is 0 Å². The number of nitro benzene ring substituents is 1. The van der Waals surface area contributed by atoms with Gasteiger partial charge < -0.3 is 10.2 Å². The third kappa shape index (κ3) is 5.01. The molecule has 0 aliphatic heterocycles. The first-order valence-electron chi connectivity index (χ1n) is 8.94. The molecule has 2 atom stereocenters. The molecule has 1 aromatic carbocycles. The Kier molecular flexibility index (Phi) is 6.16. The van der Waals surface area contributed by atoms with Gasteiger partial charge in [-0.05, 0) is 36.3 Å². The summed E-state index contributed by atoms with van der Waals surface area (Å²) in [6.45, 7) is 7.08. The van der Waals surface area contributed by atoms with Crippen molar-refractivity contribution in [3.63, 3.8) is 0 Å². The molecule has 0 bridgehead atoms. The Hall–Kier alpha value is -1.95. The number of amides is 1. The largest absolute Gasteiger partial charge is 0.314 e. The highest BCUT2D eigenvalue weighted by molar-refractivity contribution is 5.94. The fraction of sp³-hybridized carbons (Fsp3) is 0.632. The molecule has 0 radical (unpaired) electrons. The third-order valence-electron chi connectivity index (χ3n) is 5.22. The number of likely N-dealkylation sites (N-methyl/N-ethyl adjacent to an activating group) is 1. The number of non-ortho nitro benzene ring substituents is 1. The predicted octanol–water partition coefficient (Wildman–Crippen LogP) is 3.75. The molecular weight excluding hydrogens is 318 g/mol. The molecule has 1 aliphatic rings. The lowest BCUT2D eigenvalue weighted by Crippen LogP contribution is -2.47. The number of carbonyl (C=O) groups excluding carboxylic acids is 1. The molecule has 0 spiro atoms. The van der Waals surface area contributed by atoms with E-state index in [9.17, 15) is 14.9 Å². The third-order valence-corrected chi connectivity index (χ3v) is 5.22. The lowest BCUT2D eigenvalue weighted by Gasteiger charge is -2.41. The van der Waals surface area contributed by atoms with Crippen LogP contribution in [0.25, 0.3) is 0 Å². The molecule has 2 unspecified atom stereocenters. The van der Waals surface area contributed by atoms with Crippen LogP contribution in [0.2, 0.25) is 0 Å². The highest BCUT2D eigenvalue weighted by atomic mass is 16.6. The molecule has 1 saturated carbocycles. The molecule has 1 aliphatic carbocycles. The first-order valence-corrected chi connectivity index (χ1v) is 8.94. The summed E-state index contributed by atoms with van der Waals surface area (Å²) in [6, 6.07) is 6.42. The first kappa shape index (κ1) is 19.4. The van der Waals surface area contributed by atoms with Crippen molar-refractivity contribution in [3.8, 4) is 0 Å². The maximum Gasteiger partial charge on any atom is 0.269 e. The average molecular weight is 347 g/mol. The Morgan fingerprint density at radius 1 is 1.24 bits per heavy atom. The van der Waals surface area contributed by atoms with Crippen molar-refractivity contribution >= 4 is 17.3 Å². The molecule has 1 aromatic rings. The van der Waals surface area contributed by atoms with Gasteiger partial charge in [-0.25, -0.2) is 0 Å². The van der Waals surface area contributed by atoms with Crippen LogP contribution in [-0.2, 0) is 4.79 Å². The summed E-state index contributed by atoms with van der Waals surface area (Å²) in [7, 11) is 1.70. The van der Waals surface area contributed by atoms with Crippen LogP contribution >= 0.6 is 0 Å². The number of benzene rings is 1. The quantitative estimate of drug-likeness (QED) is 0.650. The van der Waals surface area contributed by atoms with Crippen molar-refractivity contribution in [2.24, 2.45) is 11.3 Å². The number of hydrogen-bond donors (Lipinski definition) is 1. The van der Waals surface area contributed by atoms with E-state index < -0.39 is 4.92 Å².